The first kappa shape index (κ1) is 10.8. The molecule has 0 aliphatic carbocycles. The molecule has 82 valence electrons. The van der Waals surface area contributed by atoms with Crippen LogP contribution in [0, 0.1) is 0 Å². The Morgan fingerprint density at radius 1 is 1.31 bits per heavy atom. The number of halogens is 1. The van der Waals surface area contributed by atoms with Crippen LogP contribution in [0.4, 0.5) is 0 Å². The van der Waals surface area contributed by atoms with E-state index in [-0.39, 0.29) is 5.69 Å². The summed E-state index contributed by atoms with van der Waals surface area (Å²) in [6.45, 7) is 0.509. The third-order valence-electron chi connectivity index (χ3n) is 2.28. The number of carboxylic acid groups (broad SMARTS) is 1. The van der Waals surface area contributed by atoms with Gasteiger partial charge in [0.15, 0.2) is 0 Å². The molecule has 0 saturated carbocycles. The summed E-state index contributed by atoms with van der Waals surface area (Å²) in [5, 5.41) is 9.42. The summed E-state index contributed by atoms with van der Waals surface area (Å²) < 4.78 is 1.62. The number of carbonyl (C=O) groups is 1. The SMILES string of the molecule is O=C(O)c1cc(Cl)cn1Cc1ccccc1. The van der Waals surface area contributed by atoms with E-state index in [4.69, 9.17) is 16.7 Å². The second kappa shape index (κ2) is 4.41. The van der Waals surface area contributed by atoms with Gasteiger partial charge < -0.3 is 9.67 Å². The molecule has 0 aliphatic heterocycles. The first-order chi connectivity index (χ1) is 7.66. The number of benzene rings is 1. The Morgan fingerprint density at radius 3 is 2.62 bits per heavy atom. The monoisotopic (exact) mass is 235 g/mol. The Hall–Kier alpha value is -1.74. The maximum absolute atomic E-state index is 10.9. The van der Waals surface area contributed by atoms with E-state index < -0.39 is 5.97 Å². The summed E-state index contributed by atoms with van der Waals surface area (Å²) >= 11 is 5.79. The van der Waals surface area contributed by atoms with Gasteiger partial charge in [0, 0.05) is 12.7 Å². The zero-order valence-electron chi connectivity index (χ0n) is 8.43. The van der Waals surface area contributed by atoms with Crippen molar-refractivity contribution < 1.29 is 9.90 Å². The lowest BCUT2D eigenvalue weighted by molar-refractivity contribution is 0.0685. The lowest BCUT2D eigenvalue weighted by Crippen LogP contribution is -2.08. The summed E-state index contributed by atoms with van der Waals surface area (Å²) in [7, 11) is 0. The molecule has 1 N–H and O–H groups in total. The van der Waals surface area contributed by atoms with E-state index in [0.717, 1.165) is 5.56 Å². The minimum atomic E-state index is -0.970. The molecule has 0 atom stereocenters. The highest BCUT2D eigenvalue weighted by Crippen LogP contribution is 2.16. The van der Waals surface area contributed by atoms with Gasteiger partial charge in [-0.05, 0) is 11.6 Å². The molecule has 0 spiro atoms. The number of hydrogen-bond acceptors (Lipinski definition) is 1. The molecule has 0 fully saturated rings. The van der Waals surface area contributed by atoms with Crippen LogP contribution in [0.2, 0.25) is 5.02 Å². The fraction of sp³-hybridized carbons (Fsp3) is 0.0833. The molecule has 0 radical (unpaired) electrons. The molecule has 2 aromatic rings. The standard InChI is InChI=1S/C12H10ClNO2/c13-10-6-11(12(15)16)14(8-10)7-9-4-2-1-3-5-9/h1-6,8H,7H2,(H,15,16). The second-order valence-electron chi connectivity index (χ2n) is 3.46. The largest absolute Gasteiger partial charge is 0.477 e. The Labute approximate surface area is 97.9 Å². The molecule has 2 rings (SSSR count). The van der Waals surface area contributed by atoms with Crippen LogP contribution < -0.4 is 0 Å². The van der Waals surface area contributed by atoms with Crippen LogP contribution in [0.3, 0.4) is 0 Å². The third kappa shape index (κ3) is 2.25. The van der Waals surface area contributed by atoms with Crippen LogP contribution in [0.25, 0.3) is 0 Å². The van der Waals surface area contributed by atoms with Gasteiger partial charge in [-0.15, -0.1) is 0 Å². The Morgan fingerprint density at radius 2 is 2.00 bits per heavy atom. The topological polar surface area (TPSA) is 42.2 Å². The quantitative estimate of drug-likeness (QED) is 0.889. The van der Waals surface area contributed by atoms with Crippen molar-refractivity contribution in [2.45, 2.75) is 6.54 Å². The van der Waals surface area contributed by atoms with Crippen molar-refractivity contribution in [2.75, 3.05) is 0 Å². The summed E-state index contributed by atoms with van der Waals surface area (Å²) in [5.41, 5.74) is 1.24. The van der Waals surface area contributed by atoms with E-state index >= 15 is 0 Å². The van der Waals surface area contributed by atoms with Gasteiger partial charge in [-0.25, -0.2) is 4.79 Å². The van der Waals surface area contributed by atoms with Gasteiger partial charge in [0.25, 0.3) is 0 Å². The van der Waals surface area contributed by atoms with Gasteiger partial charge in [0.2, 0.25) is 0 Å². The summed E-state index contributed by atoms with van der Waals surface area (Å²) in [4.78, 5) is 10.9. The number of hydrogen-bond donors (Lipinski definition) is 1. The summed E-state index contributed by atoms with van der Waals surface area (Å²) in [6, 6.07) is 11.1. The smallest absolute Gasteiger partial charge is 0.352 e. The van der Waals surface area contributed by atoms with Gasteiger partial charge in [-0.2, -0.15) is 0 Å². The molecule has 3 nitrogen and oxygen atoms in total. The Bertz CT molecular complexity index is 505. The van der Waals surface area contributed by atoms with E-state index in [1.54, 1.807) is 10.8 Å². The number of rotatable bonds is 3. The molecule has 1 aromatic carbocycles. The molecule has 0 amide bonds. The van der Waals surface area contributed by atoms with Crippen molar-refractivity contribution in [1.82, 2.24) is 4.57 Å². The molecule has 1 aromatic heterocycles. The maximum atomic E-state index is 10.9. The van der Waals surface area contributed by atoms with Gasteiger partial charge >= 0.3 is 5.97 Å². The lowest BCUT2D eigenvalue weighted by atomic mass is 10.2. The highest BCUT2D eigenvalue weighted by molar-refractivity contribution is 6.30. The maximum Gasteiger partial charge on any atom is 0.352 e. The van der Waals surface area contributed by atoms with Crippen molar-refractivity contribution >= 4 is 17.6 Å². The normalized spacial score (nSPS) is 10.3. The predicted molar refractivity (Wildman–Crippen MR) is 61.9 cm³/mol. The third-order valence-corrected chi connectivity index (χ3v) is 2.48. The zero-order chi connectivity index (χ0) is 11.5. The lowest BCUT2D eigenvalue weighted by Gasteiger charge is -2.05. The number of carboxylic acids is 1. The number of aromatic nitrogens is 1. The highest BCUT2D eigenvalue weighted by atomic mass is 35.5. The van der Waals surface area contributed by atoms with Crippen molar-refractivity contribution in [3.63, 3.8) is 0 Å². The van der Waals surface area contributed by atoms with E-state index in [1.165, 1.54) is 6.07 Å². The van der Waals surface area contributed by atoms with Crippen LogP contribution in [-0.4, -0.2) is 15.6 Å². The second-order valence-corrected chi connectivity index (χ2v) is 3.90. The van der Waals surface area contributed by atoms with Crippen LogP contribution in [0.5, 0.6) is 0 Å². The van der Waals surface area contributed by atoms with Crippen molar-refractivity contribution in [2.24, 2.45) is 0 Å². The highest BCUT2D eigenvalue weighted by Gasteiger charge is 2.11. The average molecular weight is 236 g/mol. The molecule has 0 bridgehead atoms. The van der Waals surface area contributed by atoms with E-state index in [1.807, 2.05) is 30.3 Å². The molecule has 0 aliphatic rings. The van der Waals surface area contributed by atoms with Crippen molar-refractivity contribution in [1.29, 1.82) is 0 Å². The molecule has 16 heavy (non-hydrogen) atoms. The molecular formula is C12H10ClNO2. The Balaban J connectivity index is 2.31. The van der Waals surface area contributed by atoms with E-state index in [9.17, 15) is 4.79 Å². The first-order valence-corrected chi connectivity index (χ1v) is 5.17. The van der Waals surface area contributed by atoms with Gasteiger partial charge in [0.05, 0.1) is 5.02 Å². The number of nitrogens with zero attached hydrogens (tertiary/aromatic N) is 1. The first-order valence-electron chi connectivity index (χ1n) is 4.80. The van der Waals surface area contributed by atoms with Gasteiger partial charge in [-0.1, -0.05) is 41.9 Å². The molecule has 0 unspecified atom stereocenters. The van der Waals surface area contributed by atoms with Crippen molar-refractivity contribution in [3.05, 3.63) is 58.9 Å². The Kier molecular flexibility index (Phi) is 2.97. The predicted octanol–water partition coefficient (Wildman–Crippen LogP) is 2.89. The van der Waals surface area contributed by atoms with E-state index in [2.05, 4.69) is 0 Å². The molecule has 4 heteroatoms. The van der Waals surface area contributed by atoms with Crippen LogP contribution in [-0.2, 0) is 6.54 Å². The molecular weight excluding hydrogens is 226 g/mol. The minimum absolute atomic E-state index is 0.203. The molecule has 1 heterocycles. The van der Waals surface area contributed by atoms with Gasteiger partial charge in [0.1, 0.15) is 5.69 Å². The van der Waals surface area contributed by atoms with Crippen LogP contribution >= 0.6 is 11.6 Å². The van der Waals surface area contributed by atoms with E-state index in [0.29, 0.717) is 11.6 Å². The van der Waals surface area contributed by atoms with Crippen molar-refractivity contribution in [3.8, 4) is 0 Å². The fourth-order valence-electron chi connectivity index (χ4n) is 1.56. The van der Waals surface area contributed by atoms with Crippen LogP contribution in [0.15, 0.2) is 42.6 Å². The summed E-state index contributed by atoms with van der Waals surface area (Å²) in [6.07, 6.45) is 1.62. The minimum Gasteiger partial charge on any atom is -0.477 e. The van der Waals surface area contributed by atoms with Gasteiger partial charge in [-0.3, -0.25) is 0 Å². The fourth-order valence-corrected chi connectivity index (χ4v) is 1.79. The molecule has 0 saturated heterocycles. The average Bonchev–Trinajstić information content (AvgIpc) is 2.61. The van der Waals surface area contributed by atoms with Crippen LogP contribution in [0.1, 0.15) is 16.1 Å². The number of aromatic carboxylic acids is 1. The zero-order valence-corrected chi connectivity index (χ0v) is 9.19. The summed E-state index contributed by atoms with van der Waals surface area (Å²) in [5.74, 6) is -0.970.